The fourth-order valence-electron chi connectivity index (χ4n) is 13.8. The van der Waals surface area contributed by atoms with Gasteiger partial charge >= 0.3 is 6.85 Å². The molecule has 6 heteroatoms. The first-order valence-electron chi connectivity index (χ1n) is 27.3. The van der Waals surface area contributed by atoms with Crippen LogP contribution in [-0.2, 0) is 16.2 Å². The molecule has 3 aliphatic rings. The van der Waals surface area contributed by atoms with E-state index in [0.717, 1.165) is 33.6 Å². The number of thiophene rings is 1. The number of hydrogen-bond donors (Lipinski definition) is 0. The molecule has 16 rings (SSSR count). The average Bonchev–Trinajstić information content (AvgIpc) is 3.63. The van der Waals surface area contributed by atoms with Gasteiger partial charge in [-0.25, -0.2) is 0 Å². The Morgan fingerprint density at radius 3 is 1.92 bits per heavy atom. The summed E-state index contributed by atoms with van der Waals surface area (Å²) < 4.78 is 12.7. The van der Waals surface area contributed by atoms with Gasteiger partial charge in [-0.05, 0) is 146 Å². The van der Waals surface area contributed by atoms with Crippen LogP contribution in [0.2, 0.25) is 0 Å². The Morgan fingerprint density at radius 2 is 1.18 bits per heavy atom. The van der Waals surface area contributed by atoms with E-state index < -0.39 is 0 Å². The highest BCUT2D eigenvalue weighted by molar-refractivity contribution is 7.25. The largest absolute Gasteiger partial charge is 0.455 e. The number of aromatic nitrogens is 1. The van der Waals surface area contributed by atoms with Crippen molar-refractivity contribution in [2.75, 3.05) is 9.71 Å². The molecule has 0 radical (unpaired) electrons. The summed E-state index contributed by atoms with van der Waals surface area (Å²) in [5.74, 6) is 0. The van der Waals surface area contributed by atoms with Gasteiger partial charge in [0.25, 0.3) is 0 Å². The highest BCUT2D eigenvalue weighted by Crippen LogP contribution is 2.56. The zero-order chi connectivity index (χ0) is 52.0. The summed E-state index contributed by atoms with van der Waals surface area (Å²) >= 11 is 1.89. The van der Waals surface area contributed by atoms with Crippen LogP contribution in [0, 0.1) is 0 Å². The zero-order valence-corrected chi connectivity index (χ0v) is 45.5. The van der Waals surface area contributed by atoms with Gasteiger partial charge in [0.15, 0.2) is 0 Å². The van der Waals surface area contributed by atoms with E-state index in [0.29, 0.717) is 0 Å². The second-order valence-corrected chi connectivity index (χ2v) is 25.6. The predicted molar refractivity (Wildman–Crippen MR) is 330 cm³/mol. The minimum absolute atomic E-state index is 0.00584. The molecule has 1 aliphatic carbocycles. The predicted octanol–water partition coefficient (Wildman–Crippen LogP) is 18.7. The van der Waals surface area contributed by atoms with Gasteiger partial charge in [0.1, 0.15) is 11.2 Å². The third-order valence-corrected chi connectivity index (χ3v) is 18.8. The van der Waals surface area contributed by atoms with Crippen LogP contribution in [-0.4, -0.2) is 11.4 Å². The number of anilines is 5. The standard InChI is InChI=1S/C71H56BN3OS/c1-69(2,3)41-27-30-45(31-28-41)75-58-40-62-51(50-36-46(32-34-61(50)77-62)73(43-19-11-9-12-20-43)44-21-13-10-14-22-44)37-53(58)65-66-67-63(64-48-24-16-18-26-60(48)76-68(64)65)52-35-42(70(4,5)6)29-33-57(52)74(67)59-38-49-47-23-15-17-25-54(47)71(7,8)55(49)39-56(59)72(66)75/h9-40H,1-8H3. The van der Waals surface area contributed by atoms with Crippen molar-refractivity contribution in [1.82, 2.24) is 4.57 Å². The third-order valence-electron chi connectivity index (χ3n) is 17.6. The molecule has 0 spiro atoms. The van der Waals surface area contributed by atoms with Crippen molar-refractivity contribution in [3.63, 3.8) is 0 Å². The second kappa shape index (κ2) is 15.4. The number of hydrogen-bond acceptors (Lipinski definition) is 4. The van der Waals surface area contributed by atoms with E-state index in [9.17, 15) is 0 Å². The lowest BCUT2D eigenvalue weighted by Crippen LogP contribution is -2.60. The fourth-order valence-corrected chi connectivity index (χ4v) is 14.9. The van der Waals surface area contributed by atoms with Crippen LogP contribution in [0.4, 0.5) is 28.4 Å². The molecule has 3 aromatic heterocycles. The maximum Gasteiger partial charge on any atom is 0.333 e. The maximum absolute atomic E-state index is 7.47. The first-order valence-corrected chi connectivity index (χ1v) is 28.1. The number of furan rings is 1. The molecule has 0 N–H and O–H groups in total. The molecular weight excluding hydrogens is 954 g/mol. The van der Waals surface area contributed by atoms with E-state index in [1.165, 1.54) is 120 Å². The van der Waals surface area contributed by atoms with E-state index in [4.69, 9.17) is 4.42 Å². The number of rotatable bonds is 4. The summed E-state index contributed by atoms with van der Waals surface area (Å²) in [4.78, 5) is 5.09. The van der Waals surface area contributed by atoms with Crippen LogP contribution in [0.1, 0.15) is 77.6 Å². The van der Waals surface area contributed by atoms with Gasteiger partial charge in [-0.15, -0.1) is 11.3 Å². The molecule has 0 fully saturated rings. The van der Waals surface area contributed by atoms with Crippen LogP contribution >= 0.6 is 11.3 Å². The SMILES string of the molecule is CC(C)(C)c1ccc(N2B3c4cc5c(cc4-n4c6ccc(C(C)(C)C)cc6c6c7c(oc8ccccc87)c(c3c64)-c3cc4c(cc32)sc2ccc(N(c3ccccc3)c3ccccc3)cc24)-c2ccccc2C5(C)C)cc1. The van der Waals surface area contributed by atoms with Gasteiger partial charge in [-0.2, -0.15) is 0 Å². The van der Waals surface area contributed by atoms with Crippen LogP contribution in [0.5, 0.6) is 0 Å². The van der Waals surface area contributed by atoms with Crippen molar-refractivity contribution in [1.29, 1.82) is 0 Å². The minimum Gasteiger partial charge on any atom is -0.455 e. The quantitative estimate of drug-likeness (QED) is 0.164. The van der Waals surface area contributed by atoms with E-state index in [1.54, 1.807) is 0 Å². The van der Waals surface area contributed by atoms with E-state index in [2.05, 4.69) is 264 Å². The Kier molecular flexibility index (Phi) is 9.00. The lowest BCUT2D eigenvalue weighted by atomic mass is 9.43. The molecule has 370 valence electrons. The highest BCUT2D eigenvalue weighted by atomic mass is 32.1. The summed E-state index contributed by atoms with van der Waals surface area (Å²) in [7, 11) is 0. The number of fused-ring (bicyclic) bond motifs is 19. The second-order valence-electron chi connectivity index (χ2n) is 24.5. The molecule has 0 unspecified atom stereocenters. The van der Waals surface area contributed by atoms with Gasteiger partial charge in [0, 0.05) is 92.4 Å². The van der Waals surface area contributed by atoms with Gasteiger partial charge in [-0.1, -0.05) is 159 Å². The summed E-state index contributed by atoms with van der Waals surface area (Å²) in [6, 6.07) is 73.4. The van der Waals surface area contributed by atoms with Crippen molar-refractivity contribution >= 4 is 121 Å². The Hall–Kier alpha value is -8.32. The van der Waals surface area contributed by atoms with Crippen LogP contribution in [0.15, 0.2) is 199 Å². The summed E-state index contributed by atoms with van der Waals surface area (Å²) in [6.45, 7) is 18.6. The molecule has 4 nitrogen and oxygen atoms in total. The van der Waals surface area contributed by atoms with E-state index in [-0.39, 0.29) is 23.1 Å². The highest BCUT2D eigenvalue weighted by Gasteiger charge is 2.48. The minimum atomic E-state index is -0.201. The molecule has 77 heavy (non-hydrogen) atoms. The van der Waals surface area contributed by atoms with Crippen LogP contribution in [0.3, 0.4) is 0 Å². The van der Waals surface area contributed by atoms with Crippen molar-refractivity contribution in [3.05, 3.63) is 216 Å². The summed E-state index contributed by atoms with van der Waals surface area (Å²) in [6.07, 6.45) is 0. The molecular formula is C71H56BN3OS. The van der Waals surface area contributed by atoms with Gasteiger partial charge in [0.2, 0.25) is 0 Å². The Balaban J connectivity index is 1.08. The number of nitrogens with zero attached hydrogens (tertiary/aromatic N) is 3. The maximum atomic E-state index is 7.47. The molecule has 10 aromatic carbocycles. The first kappa shape index (κ1) is 44.9. The van der Waals surface area contributed by atoms with Crippen molar-refractivity contribution in [2.45, 2.75) is 71.6 Å². The first-order chi connectivity index (χ1) is 37.2. The number of benzene rings is 10. The Morgan fingerprint density at radius 1 is 0.506 bits per heavy atom. The lowest BCUT2D eigenvalue weighted by molar-refractivity contribution is 0.590. The van der Waals surface area contributed by atoms with E-state index in [1.807, 2.05) is 11.3 Å². The smallest absolute Gasteiger partial charge is 0.333 e. The summed E-state index contributed by atoms with van der Waals surface area (Å²) in [5, 5.41) is 7.35. The Bertz CT molecular complexity index is 4640. The van der Waals surface area contributed by atoms with E-state index >= 15 is 0 Å². The van der Waals surface area contributed by atoms with Gasteiger partial charge in [0.05, 0.1) is 11.0 Å². The van der Waals surface area contributed by atoms with Crippen LogP contribution in [0.25, 0.3) is 91.9 Å². The lowest BCUT2D eigenvalue weighted by Gasteiger charge is -2.42. The van der Waals surface area contributed by atoms with Crippen molar-refractivity contribution in [2.24, 2.45) is 0 Å². The molecule has 5 heterocycles. The molecule has 13 aromatic rings. The monoisotopic (exact) mass is 1010 g/mol. The van der Waals surface area contributed by atoms with Gasteiger partial charge in [-0.3, -0.25) is 0 Å². The molecule has 0 atom stereocenters. The average molecular weight is 1010 g/mol. The van der Waals surface area contributed by atoms with Crippen molar-refractivity contribution < 1.29 is 4.42 Å². The molecule has 0 saturated heterocycles. The molecule has 2 aliphatic heterocycles. The normalized spacial score (nSPS) is 14.3. The molecule has 0 bridgehead atoms. The Labute approximate surface area is 453 Å². The molecule has 0 amide bonds. The number of para-hydroxylation sites is 3. The van der Waals surface area contributed by atoms with Gasteiger partial charge < -0.3 is 18.7 Å². The topological polar surface area (TPSA) is 24.6 Å². The fraction of sp³-hybridized carbons (Fsp3) is 0.155. The van der Waals surface area contributed by atoms with Crippen LogP contribution < -0.4 is 20.6 Å². The van der Waals surface area contributed by atoms with Crippen molar-refractivity contribution in [3.8, 4) is 27.9 Å². The summed E-state index contributed by atoms with van der Waals surface area (Å²) in [5.41, 5.74) is 24.1. The molecule has 0 saturated carbocycles. The third kappa shape index (κ3) is 6.16. The zero-order valence-electron chi connectivity index (χ0n) is 44.7.